The van der Waals surface area contributed by atoms with E-state index in [1.165, 1.54) is 6.07 Å². The second kappa shape index (κ2) is 5.72. The zero-order valence-corrected chi connectivity index (χ0v) is 12.9. The van der Waals surface area contributed by atoms with E-state index in [0.29, 0.717) is 30.3 Å². The summed E-state index contributed by atoms with van der Waals surface area (Å²) in [5, 5.41) is 0.809. The molecule has 0 bridgehead atoms. The molecule has 108 valence electrons. The van der Waals surface area contributed by atoms with Crippen molar-refractivity contribution in [2.45, 2.75) is 19.3 Å². The molecule has 0 N–H and O–H groups in total. The molecule has 1 aromatic rings. The molecule has 2 heterocycles. The monoisotopic (exact) mass is 340 g/mol. The maximum atomic E-state index is 14.3. The van der Waals surface area contributed by atoms with Gasteiger partial charge in [0.25, 0.3) is 0 Å². The second-order valence-corrected chi connectivity index (χ2v) is 6.21. The van der Waals surface area contributed by atoms with Gasteiger partial charge < -0.3 is 9.80 Å². The average molecular weight is 341 g/mol. The van der Waals surface area contributed by atoms with Crippen LogP contribution in [0.2, 0.25) is 0 Å². The molecule has 1 amide bonds. The topological polar surface area (TPSA) is 23.6 Å². The van der Waals surface area contributed by atoms with Crippen molar-refractivity contribution in [3.63, 3.8) is 0 Å². The van der Waals surface area contributed by atoms with Crippen LogP contribution in [-0.4, -0.2) is 30.9 Å². The van der Waals surface area contributed by atoms with Crippen molar-refractivity contribution >= 4 is 33.2 Å². The summed E-state index contributed by atoms with van der Waals surface area (Å²) in [4.78, 5) is 15.7. The molecule has 2 aliphatic rings. The number of alkyl halides is 1. The molecule has 0 radical (unpaired) electrons. The van der Waals surface area contributed by atoms with Crippen LogP contribution in [0.3, 0.4) is 0 Å². The first-order valence-corrected chi connectivity index (χ1v) is 8.22. The fourth-order valence-corrected chi connectivity index (χ4v) is 3.45. The first-order valence-electron chi connectivity index (χ1n) is 7.10. The van der Waals surface area contributed by atoms with Crippen molar-refractivity contribution in [2.75, 3.05) is 34.8 Å². The summed E-state index contributed by atoms with van der Waals surface area (Å²) in [5.41, 5.74) is 1.34. The SMILES string of the molecule is O=C1CC(CBr)CN1c1ccc(N2CCCC2)c(F)c1. The summed E-state index contributed by atoms with van der Waals surface area (Å²) >= 11 is 3.41. The molecule has 3 nitrogen and oxygen atoms in total. The van der Waals surface area contributed by atoms with Crippen molar-refractivity contribution in [3.05, 3.63) is 24.0 Å². The minimum Gasteiger partial charge on any atom is -0.369 e. The van der Waals surface area contributed by atoms with Gasteiger partial charge in [0, 0.05) is 37.1 Å². The van der Waals surface area contributed by atoms with E-state index in [0.717, 1.165) is 31.3 Å². The van der Waals surface area contributed by atoms with Gasteiger partial charge in [-0.25, -0.2) is 4.39 Å². The quantitative estimate of drug-likeness (QED) is 0.789. The summed E-state index contributed by atoms with van der Waals surface area (Å²) in [6, 6.07) is 5.18. The van der Waals surface area contributed by atoms with Crippen LogP contribution in [0.4, 0.5) is 15.8 Å². The van der Waals surface area contributed by atoms with Crippen molar-refractivity contribution in [1.29, 1.82) is 0 Å². The number of benzene rings is 1. The zero-order chi connectivity index (χ0) is 14.1. The van der Waals surface area contributed by atoms with Gasteiger partial charge in [0.05, 0.1) is 5.69 Å². The molecular formula is C15H18BrFN2O. The highest BCUT2D eigenvalue weighted by Crippen LogP contribution is 2.31. The molecular weight excluding hydrogens is 323 g/mol. The molecule has 1 atom stereocenters. The van der Waals surface area contributed by atoms with E-state index < -0.39 is 0 Å². The Balaban J connectivity index is 1.81. The van der Waals surface area contributed by atoms with Crippen LogP contribution in [0, 0.1) is 11.7 Å². The van der Waals surface area contributed by atoms with E-state index in [2.05, 4.69) is 20.8 Å². The number of hydrogen-bond acceptors (Lipinski definition) is 2. The van der Waals surface area contributed by atoms with Gasteiger partial charge in [0.2, 0.25) is 5.91 Å². The third-order valence-corrected chi connectivity index (χ3v) is 5.03. The third-order valence-electron chi connectivity index (χ3n) is 4.11. The molecule has 1 unspecified atom stereocenters. The van der Waals surface area contributed by atoms with E-state index in [4.69, 9.17) is 0 Å². The summed E-state index contributed by atoms with van der Waals surface area (Å²) in [5.74, 6) is 0.186. The predicted octanol–water partition coefficient (Wildman–Crippen LogP) is 3.17. The number of hydrogen-bond donors (Lipinski definition) is 0. The molecule has 2 fully saturated rings. The normalized spacial score (nSPS) is 22.9. The Morgan fingerprint density at radius 1 is 1.30 bits per heavy atom. The van der Waals surface area contributed by atoms with E-state index in [9.17, 15) is 9.18 Å². The number of anilines is 2. The summed E-state index contributed by atoms with van der Waals surface area (Å²) < 4.78 is 14.3. The fourth-order valence-electron chi connectivity index (χ4n) is 3.01. The van der Waals surface area contributed by atoms with Gasteiger partial charge in [0.15, 0.2) is 0 Å². The van der Waals surface area contributed by atoms with Crippen LogP contribution in [-0.2, 0) is 4.79 Å². The van der Waals surface area contributed by atoms with Crippen LogP contribution in [0.1, 0.15) is 19.3 Å². The van der Waals surface area contributed by atoms with Crippen LogP contribution in [0.15, 0.2) is 18.2 Å². The van der Waals surface area contributed by atoms with Crippen LogP contribution in [0.5, 0.6) is 0 Å². The molecule has 2 aliphatic heterocycles. The largest absolute Gasteiger partial charge is 0.369 e. The minimum atomic E-state index is -0.223. The van der Waals surface area contributed by atoms with E-state index in [-0.39, 0.29) is 11.7 Å². The maximum Gasteiger partial charge on any atom is 0.227 e. The first-order chi connectivity index (χ1) is 9.69. The van der Waals surface area contributed by atoms with E-state index in [1.807, 2.05) is 12.1 Å². The lowest BCUT2D eigenvalue weighted by Gasteiger charge is -2.21. The van der Waals surface area contributed by atoms with Gasteiger partial charge in [-0.15, -0.1) is 0 Å². The Labute approximate surface area is 126 Å². The molecule has 2 saturated heterocycles. The van der Waals surface area contributed by atoms with Gasteiger partial charge >= 0.3 is 0 Å². The summed E-state index contributed by atoms with van der Waals surface area (Å²) in [7, 11) is 0. The highest BCUT2D eigenvalue weighted by Gasteiger charge is 2.30. The van der Waals surface area contributed by atoms with Crippen molar-refractivity contribution in [1.82, 2.24) is 0 Å². The fraction of sp³-hybridized carbons (Fsp3) is 0.533. The smallest absolute Gasteiger partial charge is 0.227 e. The van der Waals surface area contributed by atoms with E-state index >= 15 is 0 Å². The van der Waals surface area contributed by atoms with Crippen LogP contribution < -0.4 is 9.80 Å². The van der Waals surface area contributed by atoms with E-state index in [1.54, 1.807) is 4.90 Å². The lowest BCUT2D eigenvalue weighted by atomic mass is 10.2. The molecule has 0 aromatic heterocycles. The highest BCUT2D eigenvalue weighted by molar-refractivity contribution is 9.09. The second-order valence-electron chi connectivity index (χ2n) is 5.56. The number of amides is 1. The lowest BCUT2D eigenvalue weighted by molar-refractivity contribution is -0.117. The molecule has 1 aromatic carbocycles. The third kappa shape index (κ3) is 2.55. The van der Waals surface area contributed by atoms with Gasteiger partial charge in [-0.3, -0.25) is 4.79 Å². The summed E-state index contributed by atoms with van der Waals surface area (Å²) in [6.45, 7) is 2.52. The average Bonchev–Trinajstić information content (AvgIpc) is 3.07. The van der Waals surface area contributed by atoms with Crippen LogP contribution in [0.25, 0.3) is 0 Å². The molecule has 0 saturated carbocycles. The van der Waals surface area contributed by atoms with Gasteiger partial charge in [-0.2, -0.15) is 0 Å². The number of rotatable bonds is 3. The van der Waals surface area contributed by atoms with Gasteiger partial charge in [-0.05, 0) is 37.0 Å². The Bertz CT molecular complexity index is 517. The van der Waals surface area contributed by atoms with Crippen molar-refractivity contribution in [2.24, 2.45) is 5.92 Å². The van der Waals surface area contributed by atoms with Gasteiger partial charge in [-0.1, -0.05) is 15.9 Å². The number of carbonyl (C=O) groups is 1. The Morgan fingerprint density at radius 2 is 2.05 bits per heavy atom. The molecule has 3 rings (SSSR count). The Morgan fingerprint density at radius 3 is 2.65 bits per heavy atom. The Kier molecular flexibility index (Phi) is 3.96. The molecule has 5 heteroatoms. The summed E-state index contributed by atoms with van der Waals surface area (Å²) in [6.07, 6.45) is 2.79. The standard InChI is InChI=1S/C15H18BrFN2O/c16-9-11-7-15(20)19(10-11)12-3-4-14(13(17)8-12)18-5-1-2-6-18/h3-4,8,11H,1-2,5-7,9-10H2. The van der Waals surface area contributed by atoms with Gasteiger partial charge in [0.1, 0.15) is 5.82 Å². The number of nitrogens with zero attached hydrogens (tertiary/aromatic N) is 2. The highest BCUT2D eigenvalue weighted by atomic mass is 79.9. The maximum absolute atomic E-state index is 14.3. The van der Waals surface area contributed by atoms with Crippen LogP contribution >= 0.6 is 15.9 Å². The number of carbonyl (C=O) groups excluding carboxylic acids is 1. The zero-order valence-electron chi connectivity index (χ0n) is 11.3. The number of halogens is 2. The molecule has 0 spiro atoms. The predicted molar refractivity (Wildman–Crippen MR) is 82.1 cm³/mol. The Hall–Kier alpha value is -1.10. The molecule has 20 heavy (non-hydrogen) atoms. The molecule has 0 aliphatic carbocycles. The van der Waals surface area contributed by atoms with Crippen molar-refractivity contribution < 1.29 is 9.18 Å². The first kappa shape index (κ1) is 13.9. The van der Waals surface area contributed by atoms with Crippen molar-refractivity contribution in [3.8, 4) is 0 Å². The minimum absolute atomic E-state index is 0.0859. The lowest BCUT2D eigenvalue weighted by Crippen LogP contribution is -2.25.